The third kappa shape index (κ3) is 7.86. The first kappa shape index (κ1) is 27.9. The van der Waals surface area contributed by atoms with Gasteiger partial charge in [0.05, 0.1) is 4.47 Å². The number of hydrogen-bond acceptors (Lipinski definition) is 3. The molecule has 0 spiro atoms. The summed E-state index contributed by atoms with van der Waals surface area (Å²) in [5, 5.41) is 3.03. The number of nitrogens with one attached hydrogen (secondary N) is 1. The van der Waals surface area contributed by atoms with E-state index in [0.717, 1.165) is 15.6 Å². The molecule has 2 amide bonds. The highest BCUT2D eigenvalue weighted by atomic mass is 79.9. The van der Waals surface area contributed by atoms with E-state index < -0.39 is 11.6 Å². The molecule has 0 fully saturated rings. The van der Waals surface area contributed by atoms with Gasteiger partial charge in [0, 0.05) is 12.1 Å². The van der Waals surface area contributed by atoms with Crippen molar-refractivity contribution in [2.75, 3.05) is 6.61 Å². The van der Waals surface area contributed by atoms with Crippen molar-refractivity contribution >= 4 is 27.7 Å². The number of benzene rings is 2. The maximum absolute atomic E-state index is 13.4. The van der Waals surface area contributed by atoms with Crippen molar-refractivity contribution in [3.05, 3.63) is 63.6 Å². The van der Waals surface area contributed by atoms with Crippen molar-refractivity contribution in [2.24, 2.45) is 0 Å². The van der Waals surface area contributed by atoms with Gasteiger partial charge in [-0.2, -0.15) is 0 Å². The summed E-state index contributed by atoms with van der Waals surface area (Å²) >= 11 is 3.57. The molecule has 1 N–H and O–H groups in total. The van der Waals surface area contributed by atoms with Crippen molar-refractivity contribution in [2.45, 2.75) is 85.4 Å². The molecule has 5 nitrogen and oxygen atoms in total. The van der Waals surface area contributed by atoms with Crippen LogP contribution in [0.3, 0.4) is 0 Å². The van der Waals surface area contributed by atoms with Crippen LogP contribution in [-0.4, -0.2) is 34.9 Å². The minimum absolute atomic E-state index is 0.00990. The third-order valence-corrected chi connectivity index (χ3v) is 6.25. The monoisotopic (exact) mass is 530 g/mol. The number of hydrogen-bond donors (Lipinski definition) is 1. The van der Waals surface area contributed by atoms with Crippen LogP contribution >= 0.6 is 15.9 Å². The first-order valence-corrected chi connectivity index (χ1v) is 12.6. The molecule has 0 radical (unpaired) electrons. The van der Waals surface area contributed by atoms with Gasteiger partial charge in [-0.15, -0.1) is 0 Å². The molecule has 0 aliphatic rings. The molecule has 0 heterocycles. The predicted octanol–water partition coefficient (Wildman–Crippen LogP) is 6.16. The molecule has 2 aromatic rings. The summed E-state index contributed by atoms with van der Waals surface area (Å²) in [5.74, 6) is 0.211. The zero-order valence-corrected chi connectivity index (χ0v) is 23.4. The Morgan fingerprint density at radius 1 is 1.06 bits per heavy atom. The van der Waals surface area contributed by atoms with Gasteiger partial charge in [0.25, 0.3) is 5.91 Å². The fourth-order valence-electron chi connectivity index (χ4n) is 3.65. The van der Waals surface area contributed by atoms with Crippen molar-refractivity contribution in [1.29, 1.82) is 0 Å². The standard InChI is InChI=1S/C28H39BrN2O3/c1-9-23(26(33)30-28(6,7)8)31(17-20-13-11-10-12-19(20)2)25(32)18-34-24-15-14-21(16-22(24)29)27(3,4)5/h10-16,23H,9,17-18H2,1-8H3,(H,30,33)/t23-/m0/s1. The zero-order chi connectivity index (χ0) is 25.7. The Labute approximate surface area is 213 Å². The lowest BCUT2D eigenvalue weighted by Crippen LogP contribution is -2.54. The normalized spacial score (nSPS) is 12.7. The summed E-state index contributed by atoms with van der Waals surface area (Å²) < 4.78 is 6.72. The van der Waals surface area contributed by atoms with Crippen LogP contribution in [0.15, 0.2) is 46.9 Å². The lowest BCUT2D eigenvalue weighted by Gasteiger charge is -2.33. The first-order chi connectivity index (χ1) is 15.7. The average molecular weight is 532 g/mol. The van der Waals surface area contributed by atoms with Gasteiger partial charge in [-0.3, -0.25) is 9.59 Å². The van der Waals surface area contributed by atoms with E-state index in [4.69, 9.17) is 4.74 Å². The quantitative estimate of drug-likeness (QED) is 0.444. The van der Waals surface area contributed by atoms with Crippen molar-refractivity contribution < 1.29 is 14.3 Å². The fourth-order valence-corrected chi connectivity index (χ4v) is 4.14. The Hall–Kier alpha value is -2.34. The molecule has 0 bridgehead atoms. The lowest BCUT2D eigenvalue weighted by molar-refractivity contribution is -0.143. The fraction of sp³-hybridized carbons (Fsp3) is 0.500. The lowest BCUT2D eigenvalue weighted by atomic mass is 9.87. The van der Waals surface area contributed by atoms with Crippen LogP contribution in [-0.2, 0) is 21.5 Å². The molecule has 2 aromatic carbocycles. The minimum atomic E-state index is -0.596. The van der Waals surface area contributed by atoms with E-state index in [9.17, 15) is 9.59 Å². The Bertz CT molecular complexity index is 1010. The van der Waals surface area contributed by atoms with Crippen LogP contribution in [0.5, 0.6) is 5.75 Å². The van der Waals surface area contributed by atoms with Crippen LogP contribution in [0.2, 0.25) is 0 Å². The summed E-state index contributed by atoms with van der Waals surface area (Å²) in [5.41, 5.74) is 2.87. The van der Waals surface area contributed by atoms with Crippen LogP contribution < -0.4 is 10.1 Å². The third-order valence-electron chi connectivity index (χ3n) is 5.64. The maximum Gasteiger partial charge on any atom is 0.261 e. The molecule has 0 saturated carbocycles. The SMILES string of the molecule is CC[C@@H](C(=O)NC(C)(C)C)N(Cc1ccccc1C)C(=O)COc1ccc(C(C)(C)C)cc1Br. The summed E-state index contributed by atoms with van der Waals surface area (Å²) in [6.07, 6.45) is 0.503. The highest BCUT2D eigenvalue weighted by molar-refractivity contribution is 9.10. The molecular weight excluding hydrogens is 492 g/mol. The van der Waals surface area contributed by atoms with Gasteiger partial charge < -0.3 is 15.0 Å². The van der Waals surface area contributed by atoms with Crippen molar-refractivity contribution in [3.63, 3.8) is 0 Å². The molecule has 0 saturated heterocycles. The van der Waals surface area contributed by atoms with Crippen LogP contribution in [0.4, 0.5) is 0 Å². The summed E-state index contributed by atoms with van der Waals surface area (Å²) in [4.78, 5) is 28.2. The highest BCUT2D eigenvalue weighted by Gasteiger charge is 2.31. The Morgan fingerprint density at radius 2 is 1.71 bits per heavy atom. The number of ether oxygens (including phenoxy) is 1. The van der Waals surface area contributed by atoms with Crippen LogP contribution in [0.1, 0.15) is 71.6 Å². The molecule has 2 rings (SSSR count). The second kappa shape index (κ2) is 11.4. The molecular formula is C28H39BrN2O3. The summed E-state index contributed by atoms with van der Waals surface area (Å²) in [6.45, 7) is 16.4. The van der Waals surface area contributed by atoms with Crippen molar-refractivity contribution in [3.8, 4) is 5.75 Å². The van der Waals surface area contributed by atoms with E-state index >= 15 is 0 Å². The predicted molar refractivity (Wildman–Crippen MR) is 142 cm³/mol. The molecule has 0 unspecified atom stereocenters. The number of carbonyl (C=O) groups is 2. The molecule has 186 valence electrons. The van der Waals surface area contributed by atoms with Gasteiger partial charge in [0.1, 0.15) is 11.8 Å². The summed E-state index contributed by atoms with van der Waals surface area (Å²) in [7, 11) is 0. The second-order valence-corrected chi connectivity index (χ2v) is 11.6. The molecule has 0 aromatic heterocycles. The number of aryl methyl sites for hydroxylation is 1. The molecule has 0 aliphatic heterocycles. The number of nitrogens with zero attached hydrogens (tertiary/aromatic N) is 1. The number of halogens is 1. The van der Waals surface area contributed by atoms with E-state index in [1.165, 1.54) is 5.56 Å². The largest absolute Gasteiger partial charge is 0.483 e. The van der Waals surface area contributed by atoms with Crippen molar-refractivity contribution in [1.82, 2.24) is 10.2 Å². The summed E-state index contributed by atoms with van der Waals surface area (Å²) in [6, 6.07) is 13.2. The smallest absolute Gasteiger partial charge is 0.261 e. The maximum atomic E-state index is 13.4. The minimum Gasteiger partial charge on any atom is -0.483 e. The number of amides is 2. The van der Waals surface area contributed by atoms with E-state index in [2.05, 4.69) is 42.0 Å². The van der Waals surface area contributed by atoms with E-state index in [1.807, 2.05) is 77.1 Å². The Kier molecular flexibility index (Phi) is 9.35. The first-order valence-electron chi connectivity index (χ1n) is 11.8. The van der Waals surface area contributed by atoms with E-state index in [1.54, 1.807) is 4.90 Å². The molecule has 0 aliphatic carbocycles. The Morgan fingerprint density at radius 3 is 2.24 bits per heavy atom. The second-order valence-electron chi connectivity index (χ2n) is 10.8. The number of carbonyl (C=O) groups excluding carboxylic acids is 2. The van der Waals surface area contributed by atoms with E-state index in [0.29, 0.717) is 18.7 Å². The van der Waals surface area contributed by atoms with Crippen LogP contribution in [0.25, 0.3) is 0 Å². The van der Waals surface area contributed by atoms with Gasteiger partial charge in [-0.05, 0) is 84.3 Å². The Balaban J connectivity index is 2.28. The zero-order valence-electron chi connectivity index (χ0n) is 21.8. The van der Waals surface area contributed by atoms with Gasteiger partial charge >= 0.3 is 0 Å². The number of rotatable bonds is 8. The average Bonchev–Trinajstić information content (AvgIpc) is 2.71. The topological polar surface area (TPSA) is 58.6 Å². The highest BCUT2D eigenvalue weighted by Crippen LogP contribution is 2.31. The molecule has 1 atom stereocenters. The molecule has 34 heavy (non-hydrogen) atoms. The van der Waals surface area contributed by atoms with Gasteiger partial charge in [0.2, 0.25) is 5.91 Å². The van der Waals surface area contributed by atoms with Gasteiger partial charge in [0.15, 0.2) is 6.61 Å². The molecule has 6 heteroatoms. The van der Waals surface area contributed by atoms with E-state index in [-0.39, 0.29) is 23.8 Å². The van der Waals surface area contributed by atoms with Gasteiger partial charge in [-0.25, -0.2) is 0 Å². The van der Waals surface area contributed by atoms with Crippen LogP contribution in [0, 0.1) is 6.92 Å². The van der Waals surface area contributed by atoms with Gasteiger partial charge in [-0.1, -0.05) is 58.0 Å².